The summed E-state index contributed by atoms with van der Waals surface area (Å²) in [5, 5.41) is 2.82. The number of aromatic nitrogens is 1. The van der Waals surface area contributed by atoms with E-state index in [1.807, 2.05) is 0 Å². The predicted octanol–water partition coefficient (Wildman–Crippen LogP) is 2.66. The fourth-order valence-electron chi connectivity index (χ4n) is 0.901. The standard InChI is InChI=1S/C8H9F3N2.2ClH/c1-12-4-6-2-3-7(13-5-6)8(9,10)11;;/h2-3,5,12H,4H2,1H3;2*1H. The molecule has 0 radical (unpaired) electrons. The molecule has 0 saturated heterocycles. The Kier molecular flexibility index (Phi) is 7.74. The van der Waals surface area contributed by atoms with Gasteiger partial charge in [-0.25, -0.2) is 0 Å². The topological polar surface area (TPSA) is 24.9 Å². The highest BCUT2D eigenvalue weighted by molar-refractivity contribution is 5.85. The molecule has 0 spiro atoms. The van der Waals surface area contributed by atoms with Crippen LogP contribution in [0.4, 0.5) is 13.2 Å². The molecule has 0 unspecified atom stereocenters. The molecule has 1 rings (SSSR count). The number of nitrogens with one attached hydrogen (secondary N) is 1. The predicted molar refractivity (Wildman–Crippen MR) is 56.5 cm³/mol. The van der Waals surface area contributed by atoms with E-state index in [0.29, 0.717) is 6.54 Å². The molecule has 0 fully saturated rings. The number of halogens is 5. The summed E-state index contributed by atoms with van der Waals surface area (Å²) in [5.41, 5.74) is -0.122. The van der Waals surface area contributed by atoms with Crippen LogP contribution in [0.2, 0.25) is 0 Å². The maximum Gasteiger partial charge on any atom is 0.433 e. The lowest BCUT2D eigenvalue weighted by Crippen LogP contribution is -2.10. The van der Waals surface area contributed by atoms with Crippen molar-refractivity contribution >= 4 is 24.8 Å². The van der Waals surface area contributed by atoms with Gasteiger partial charge >= 0.3 is 6.18 Å². The minimum atomic E-state index is -4.35. The highest BCUT2D eigenvalue weighted by Gasteiger charge is 2.31. The molecule has 7 heteroatoms. The first-order valence-corrected chi connectivity index (χ1v) is 3.71. The third-order valence-electron chi connectivity index (χ3n) is 1.50. The smallest absolute Gasteiger partial charge is 0.316 e. The van der Waals surface area contributed by atoms with Gasteiger partial charge in [0.25, 0.3) is 0 Å². The van der Waals surface area contributed by atoms with Gasteiger partial charge in [0.15, 0.2) is 0 Å². The summed E-state index contributed by atoms with van der Waals surface area (Å²) in [4.78, 5) is 3.30. The van der Waals surface area contributed by atoms with E-state index in [-0.39, 0.29) is 24.8 Å². The van der Waals surface area contributed by atoms with Crippen LogP contribution >= 0.6 is 24.8 Å². The van der Waals surface area contributed by atoms with Crippen molar-refractivity contribution in [1.29, 1.82) is 0 Å². The molecule has 1 heterocycles. The minimum absolute atomic E-state index is 0. The van der Waals surface area contributed by atoms with Gasteiger partial charge in [0.2, 0.25) is 0 Å². The summed E-state index contributed by atoms with van der Waals surface area (Å²) in [5.74, 6) is 0. The van der Waals surface area contributed by atoms with Crippen LogP contribution in [-0.4, -0.2) is 12.0 Å². The van der Waals surface area contributed by atoms with Crippen LogP contribution in [0.15, 0.2) is 18.3 Å². The average molecular weight is 263 g/mol. The van der Waals surface area contributed by atoms with Gasteiger partial charge in [-0.05, 0) is 18.7 Å². The van der Waals surface area contributed by atoms with Crippen molar-refractivity contribution in [3.05, 3.63) is 29.6 Å². The zero-order chi connectivity index (χ0) is 9.90. The lowest BCUT2D eigenvalue weighted by atomic mass is 10.2. The second kappa shape index (κ2) is 6.87. The molecule has 15 heavy (non-hydrogen) atoms. The SMILES string of the molecule is CNCc1ccc(C(F)(F)F)nc1.Cl.Cl. The van der Waals surface area contributed by atoms with E-state index >= 15 is 0 Å². The molecule has 0 aromatic carbocycles. The Balaban J connectivity index is 0. The summed E-state index contributed by atoms with van der Waals surface area (Å²) in [6.07, 6.45) is -3.13. The van der Waals surface area contributed by atoms with Gasteiger partial charge in [-0.15, -0.1) is 24.8 Å². The van der Waals surface area contributed by atoms with Crippen molar-refractivity contribution in [2.24, 2.45) is 0 Å². The quantitative estimate of drug-likeness (QED) is 0.887. The molecular formula is C8H11Cl2F3N2. The van der Waals surface area contributed by atoms with Crippen molar-refractivity contribution in [2.45, 2.75) is 12.7 Å². The highest BCUT2D eigenvalue weighted by Crippen LogP contribution is 2.26. The maximum atomic E-state index is 12.0. The van der Waals surface area contributed by atoms with Crippen LogP contribution in [-0.2, 0) is 12.7 Å². The van der Waals surface area contributed by atoms with Gasteiger partial charge in [-0.3, -0.25) is 4.98 Å². The number of pyridine rings is 1. The van der Waals surface area contributed by atoms with Crippen LogP contribution in [0.25, 0.3) is 0 Å². The van der Waals surface area contributed by atoms with Crippen molar-refractivity contribution in [3.63, 3.8) is 0 Å². The molecule has 0 amide bonds. The van der Waals surface area contributed by atoms with E-state index in [1.54, 1.807) is 7.05 Å². The zero-order valence-electron chi connectivity index (χ0n) is 7.84. The normalized spacial score (nSPS) is 10.1. The zero-order valence-corrected chi connectivity index (χ0v) is 9.47. The Bertz CT molecular complexity index is 274. The van der Waals surface area contributed by atoms with E-state index in [0.717, 1.165) is 11.6 Å². The molecular weight excluding hydrogens is 252 g/mol. The average Bonchev–Trinajstić information content (AvgIpc) is 2.04. The van der Waals surface area contributed by atoms with Crippen LogP contribution < -0.4 is 5.32 Å². The van der Waals surface area contributed by atoms with E-state index in [4.69, 9.17) is 0 Å². The molecule has 1 aromatic rings. The van der Waals surface area contributed by atoms with Crippen molar-refractivity contribution in [3.8, 4) is 0 Å². The number of rotatable bonds is 2. The largest absolute Gasteiger partial charge is 0.433 e. The monoisotopic (exact) mass is 262 g/mol. The molecule has 0 bridgehead atoms. The molecule has 88 valence electrons. The first-order valence-electron chi connectivity index (χ1n) is 3.71. The number of nitrogens with zero attached hydrogens (tertiary/aromatic N) is 1. The molecule has 0 atom stereocenters. The van der Waals surface area contributed by atoms with Gasteiger partial charge < -0.3 is 5.32 Å². The van der Waals surface area contributed by atoms with E-state index in [1.165, 1.54) is 12.3 Å². The lowest BCUT2D eigenvalue weighted by Gasteiger charge is -2.05. The van der Waals surface area contributed by atoms with Gasteiger partial charge in [0.1, 0.15) is 5.69 Å². The fraction of sp³-hybridized carbons (Fsp3) is 0.375. The summed E-state index contributed by atoms with van der Waals surface area (Å²) >= 11 is 0. The third-order valence-corrected chi connectivity index (χ3v) is 1.50. The first-order chi connectivity index (χ1) is 6.04. The van der Waals surface area contributed by atoms with Gasteiger partial charge in [0, 0.05) is 12.7 Å². The van der Waals surface area contributed by atoms with E-state index in [2.05, 4.69) is 10.3 Å². The summed E-state index contributed by atoms with van der Waals surface area (Å²) in [6.45, 7) is 0.519. The van der Waals surface area contributed by atoms with Crippen LogP contribution in [0.1, 0.15) is 11.3 Å². The molecule has 1 aromatic heterocycles. The Morgan fingerprint density at radius 1 is 1.27 bits per heavy atom. The van der Waals surface area contributed by atoms with Crippen molar-refractivity contribution in [1.82, 2.24) is 10.3 Å². The molecule has 1 N–H and O–H groups in total. The van der Waals surface area contributed by atoms with E-state index in [9.17, 15) is 13.2 Å². The van der Waals surface area contributed by atoms with Gasteiger partial charge in [-0.1, -0.05) is 6.07 Å². The summed E-state index contributed by atoms with van der Waals surface area (Å²) in [6, 6.07) is 2.39. The Morgan fingerprint density at radius 3 is 2.20 bits per heavy atom. The third kappa shape index (κ3) is 5.20. The minimum Gasteiger partial charge on any atom is -0.316 e. The Labute approximate surface area is 98.1 Å². The maximum absolute atomic E-state index is 12.0. The number of hydrogen-bond acceptors (Lipinski definition) is 2. The Hall–Kier alpha value is -0.520. The molecule has 0 aliphatic carbocycles. The van der Waals surface area contributed by atoms with Gasteiger partial charge in [-0.2, -0.15) is 13.2 Å². The van der Waals surface area contributed by atoms with Crippen LogP contribution in [0, 0.1) is 0 Å². The summed E-state index contributed by atoms with van der Waals surface area (Å²) in [7, 11) is 1.72. The van der Waals surface area contributed by atoms with E-state index < -0.39 is 11.9 Å². The fourth-order valence-corrected chi connectivity index (χ4v) is 0.901. The molecule has 0 aliphatic heterocycles. The second-order valence-electron chi connectivity index (χ2n) is 2.58. The van der Waals surface area contributed by atoms with Gasteiger partial charge in [0.05, 0.1) is 0 Å². The molecule has 0 aliphatic rings. The van der Waals surface area contributed by atoms with Crippen molar-refractivity contribution < 1.29 is 13.2 Å². The van der Waals surface area contributed by atoms with Crippen LogP contribution in [0.3, 0.4) is 0 Å². The van der Waals surface area contributed by atoms with Crippen molar-refractivity contribution in [2.75, 3.05) is 7.05 Å². The Morgan fingerprint density at radius 2 is 1.87 bits per heavy atom. The lowest BCUT2D eigenvalue weighted by molar-refractivity contribution is -0.141. The number of hydrogen-bond donors (Lipinski definition) is 1. The first kappa shape index (κ1) is 16.9. The van der Waals surface area contributed by atoms with Crippen LogP contribution in [0.5, 0.6) is 0 Å². The molecule has 0 saturated carbocycles. The second-order valence-corrected chi connectivity index (χ2v) is 2.58. The number of alkyl halides is 3. The molecule has 2 nitrogen and oxygen atoms in total. The summed E-state index contributed by atoms with van der Waals surface area (Å²) < 4.78 is 36.1. The highest BCUT2D eigenvalue weighted by atomic mass is 35.5.